The fraction of sp³-hybridized carbons (Fsp3) is 0.611. The van der Waals surface area contributed by atoms with E-state index in [9.17, 15) is 18.0 Å². The number of ether oxygens (including phenoxy) is 2. The molecule has 1 aliphatic carbocycles. The van der Waals surface area contributed by atoms with Crippen LogP contribution in [0.1, 0.15) is 26.7 Å². The van der Waals surface area contributed by atoms with Gasteiger partial charge in [0.1, 0.15) is 18.2 Å². The second-order valence-electron chi connectivity index (χ2n) is 6.35. The van der Waals surface area contributed by atoms with Crippen molar-refractivity contribution in [2.45, 2.75) is 32.6 Å². The third kappa shape index (κ3) is 7.77. The molecule has 1 aliphatic rings. The maximum Gasteiger partial charge on any atom is 0.249 e. The van der Waals surface area contributed by atoms with E-state index < -0.39 is 17.7 Å². The van der Waals surface area contributed by atoms with Crippen molar-refractivity contribution < 1.29 is 27.4 Å². The first-order valence-electron chi connectivity index (χ1n) is 8.23. The molecule has 1 N–H and O–H groups in total. The van der Waals surface area contributed by atoms with Crippen molar-refractivity contribution >= 4 is 5.91 Å². The Labute approximate surface area is 146 Å². The molecule has 0 spiro atoms. The third-order valence-corrected chi connectivity index (χ3v) is 3.79. The van der Waals surface area contributed by atoms with E-state index in [2.05, 4.69) is 18.5 Å². The lowest BCUT2D eigenvalue weighted by Gasteiger charge is -2.33. The summed E-state index contributed by atoms with van der Waals surface area (Å²) < 4.78 is 49.0. The topological polar surface area (TPSA) is 47.6 Å². The van der Waals surface area contributed by atoms with Gasteiger partial charge in [0.2, 0.25) is 11.8 Å². The van der Waals surface area contributed by atoms with E-state index in [1.54, 1.807) is 0 Å². The maximum atomic E-state index is 13.0. The van der Waals surface area contributed by atoms with Crippen LogP contribution in [0.5, 0.6) is 0 Å². The molecule has 0 atom stereocenters. The van der Waals surface area contributed by atoms with Crippen LogP contribution in [-0.4, -0.2) is 38.2 Å². The van der Waals surface area contributed by atoms with Crippen molar-refractivity contribution in [3.05, 3.63) is 36.4 Å². The van der Waals surface area contributed by atoms with Crippen molar-refractivity contribution in [2.24, 2.45) is 11.8 Å². The number of hydrogen-bond acceptors (Lipinski definition) is 3. The molecule has 1 rings (SSSR count). The van der Waals surface area contributed by atoms with Gasteiger partial charge in [-0.15, -0.1) is 0 Å². The van der Waals surface area contributed by atoms with Crippen LogP contribution in [0, 0.1) is 11.8 Å². The summed E-state index contributed by atoms with van der Waals surface area (Å²) in [6.45, 7) is 11.8. The Kier molecular flexibility index (Phi) is 8.22. The first-order chi connectivity index (χ1) is 11.6. The van der Waals surface area contributed by atoms with Crippen molar-refractivity contribution in [3.8, 4) is 0 Å². The Morgan fingerprint density at radius 3 is 2.44 bits per heavy atom. The maximum absolute atomic E-state index is 13.0. The molecule has 142 valence electrons. The van der Waals surface area contributed by atoms with Gasteiger partial charge in [0.05, 0.1) is 13.2 Å². The van der Waals surface area contributed by atoms with Crippen LogP contribution in [0.25, 0.3) is 0 Å². The lowest BCUT2D eigenvalue weighted by Crippen LogP contribution is -2.45. The van der Waals surface area contributed by atoms with E-state index in [0.29, 0.717) is 11.3 Å². The highest BCUT2D eigenvalue weighted by Gasteiger charge is 2.48. The van der Waals surface area contributed by atoms with E-state index in [1.807, 2.05) is 13.8 Å². The Morgan fingerprint density at radius 1 is 1.28 bits per heavy atom. The molecule has 1 amide bonds. The van der Waals surface area contributed by atoms with Gasteiger partial charge >= 0.3 is 0 Å². The summed E-state index contributed by atoms with van der Waals surface area (Å²) in [5.74, 6) is -3.88. The van der Waals surface area contributed by atoms with Crippen LogP contribution in [0.4, 0.5) is 13.2 Å². The molecule has 0 radical (unpaired) electrons. The Balaban J connectivity index is 2.15. The number of halogens is 3. The van der Waals surface area contributed by atoms with Crippen LogP contribution in [-0.2, 0) is 14.3 Å². The zero-order valence-corrected chi connectivity index (χ0v) is 14.7. The van der Waals surface area contributed by atoms with Crippen LogP contribution < -0.4 is 5.32 Å². The smallest absolute Gasteiger partial charge is 0.249 e. The summed E-state index contributed by atoms with van der Waals surface area (Å²) in [5, 5.41) is 2.56. The minimum Gasteiger partial charge on any atom is -0.491 e. The first-order valence-corrected chi connectivity index (χ1v) is 8.23. The van der Waals surface area contributed by atoms with Crippen molar-refractivity contribution in [1.82, 2.24) is 5.32 Å². The quantitative estimate of drug-likeness (QED) is 0.346. The first kappa shape index (κ1) is 21.3. The van der Waals surface area contributed by atoms with Crippen molar-refractivity contribution in [2.75, 3.05) is 26.4 Å². The third-order valence-electron chi connectivity index (χ3n) is 3.79. The number of nitrogens with one attached hydrogen (secondary N) is 1. The fourth-order valence-corrected chi connectivity index (χ4v) is 2.20. The fourth-order valence-electron chi connectivity index (χ4n) is 2.20. The molecule has 25 heavy (non-hydrogen) atoms. The summed E-state index contributed by atoms with van der Waals surface area (Å²) in [4.78, 5) is 11.5. The highest BCUT2D eigenvalue weighted by Crippen LogP contribution is 2.42. The number of amides is 1. The van der Waals surface area contributed by atoms with Gasteiger partial charge < -0.3 is 14.8 Å². The highest BCUT2D eigenvalue weighted by molar-refractivity contribution is 5.79. The Bertz CT molecular complexity index is 522. The van der Waals surface area contributed by atoms with Crippen LogP contribution in [0.15, 0.2) is 36.4 Å². The molecular weight excluding hydrogens is 335 g/mol. The number of rotatable bonds is 11. The van der Waals surface area contributed by atoms with E-state index >= 15 is 0 Å². The van der Waals surface area contributed by atoms with Gasteiger partial charge in [-0.2, -0.15) is 0 Å². The minimum atomic E-state index is -2.70. The summed E-state index contributed by atoms with van der Waals surface area (Å²) in [6.07, 6.45) is 0.404. The standard InChI is InChI=1S/C18H26F3NO3/c1-12(2)14(4)16(9-13(3)19)25-8-7-24-6-5-22-17(23)15-10-18(20,21)11-15/h9,12,15H,3-8,10-11H2,1-2H3,(H,22,23)/b16-9+. The van der Waals surface area contributed by atoms with E-state index in [0.717, 1.165) is 0 Å². The van der Waals surface area contributed by atoms with Crippen LogP contribution in [0.2, 0.25) is 0 Å². The zero-order chi connectivity index (χ0) is 19.0. The van der Waals surface area contributed by atoms with Crippen LogP contribution >= 0.6 is 0 Å². The molecule has 0 unspecified atom stereocenters. The summed E-state index contributed by atoms with van der Waals surface area (Å²) >= 11 is 0. The van der Waals surface area contributed by atoms with E-state index in [4.69, 9.17) is 9.47 Å². The molecule has 0 heterocycles. The molecular formula is C18H26F3NO3. The van der Waals surface area contributed by atoms with Gasteiger partial charge in [0.15, 0.2) is 0 Å². The highest BCUT2D eigenvalue weighted by atomic mass is 19.3. The summed E-state index contributed by atoms with van der Waals surface area (Å²) in [5.41, 5.74) is 0.656. The zero-order valence-electron chi connectivity index (χ0n) is 14.7. The molecule has 1 fully saturated rings. The summed E-state index contributed by atoms with van der Waals surface area (Å²) in [7, 11) is 0. The molecule has 0 bridgehead atoms. The predicted octanol–water partition coefficient (Wildman–Crippen LogP) is 3.76. The van der Waals surface area contributed by atoms with Gasteiger partial charge in [-0.1, -0.05) is 27.0 Å². The molecule has 0 aliphatic heterocycles. The van der Waals surface area contributed by atoms with Crippen molar-refractivity contribution in [3.63, 3.8) is 0 Å². The van der Waals surface area contributed by atoms with Gasteiger partial charge in [-0.25, -0.2) is 13.2 Å². The predicted molar refractivity (Wildman–Crippen MR) is 89.8 cm³/mol. The average Bonchev–Trinajstić information content (AvgIpc) is 2.48. The number of carbonyl (C=O) groups excluding carboxylic acids is 1. The molecule has 0 aromatic carbocycles. The lowest BCUT2D eigenvalue weighted by atomic mass is 9.81. The Morgan fingerprint density at radius 2 is 1.92 bits per heavy atom. The largest absolute Gasteiger partial charge is 0.491 e. The second kappa shape index (κ2) is 9.65. The summed E-state index contributed by atoms with van der Waals surface area (Å²) in [6, 6.07) is 0. The van der Waals surface area contributed by atoms with Crippen LogP contribution in [0.3, 0.4) is 0 Å². The van der Waals surface area contributed by atoms with Gasteiger partial charge in [-0.05, 0) is 11.5 Å². The Hall–Kier alpha value is -1.76. The average molecular weight is 361 g/mol. The number of alkyl halides is 2. The van der Waals surface area contributed by atoms with Gasteiger partial charge in [0, 0.05) is 31.4 Å². The molecule has 0 aromatic heterocycles. The number of hydrogen-bond donors (Lipinski definition) is 1. The molecule has 4 nitrogen and oxygen atoms in total. The molecule has 7 heteroatoms. The van der Waals surface area contributed by atoms with Gasteiger partial charge in [0.25, 0.3) is 0 Å². The lowest BCUT2D eigenvalue weighted by molar-refractivity contribution is -0.150. The molecule has 0 aromatic rings. The van der Waals surface area contributed by atoms with Crippen molar-refractivity contribution in [1.29, 1.82) is 0 Å². The second-order valence-corrected chi connectivity index (χ2v) is 6.35. The minimum absolute atomic E-state index is 0.0978. The molecule has 1 saturated carbocycles. The monoisotopic (exact) mass is 361 g/mol. The SMILES string of the molecule is C=C(F)/C=C(/OCCOCCNC(=O)C1CC(F)(F)C1)C(=C)C(C)C. The normalized spacial score (nSPS) is 17.1. The number of allylic oxidation sites excluding steroid dienone is 3. The molecule has 0 saturated heterocycles. The van der Waals surface area contributed by atoms with E-state index in [-0.39, 0.29) is 51.0 Å². The van der Waals surface area contributed by atoms with Gasteiger partial charge in [-0.3, -0.25) is 4.79 Å². The van der Waals surface area contributed by atoms with E-state index in [1.165, 1.54) is 6.08 Å². The number of carbonyl (C=O) groups is 1.